The van der Waals surface area contributed by atoms with Crippen LogP contribution in [-0.2, 0) is 6.42 Å². The molecular formula is C22H14F2O3. The van der Waals surface area contributed by atoms with Crippen LogP contribution in [0.25, 0.3) is 11.0 Å². The second-order valence-corrected chi connectivity index (χ2v) is 6.09. The van der Waals surface area contributed by atoms with Gasteiger partial charge in [-0.25, -0.2) is 13.6 Å². The van der Waals surface area contributed by atoms with Gasteiger partial charge in [-0.05, 0) is 41.8 Å². The van der Waals surface area contributed by atoms with Crippen molar-refractivity contribution < 1.29 is 17.9 Å². The molecule has 0 atom stereocenters. The first-order valence-electron chi connectivity index (χ1n) is 8.32. The van der Waals surface area contributed by atoms with Gasteiger partial charge in [0.25, 0.3) is 0 Å². The van der Waals surface area contributed by atoms with E-state index in [1.54, 1.807) is 18.2 Å². The van der Waals surface area contributed by atoms with Crippen LogP contribution < -0.4 is 10.4 Å². The average molecular weight is 364 g/mol. The molecule has 4 rings (SSSR count). The molecule has 3 nitrogen and oxygen atoms in total. The number of hydrogen-bond acceptors (Lipinski definition) is 3. The van der Waals surface area contributed by atoms with Gasteiger partial charge in [0.2, 0.25) is 0 Å². The van der Waals surface area contributed by atoms with E-state index in [-0.39, 0.29) is 5.75 Å². The zero-order chi connectivity index (χ0) is 18.8. The van der Waals surface area contributed by atoms with Crippen molar-refractivity contribution >= 4 is 11.0 Å². The van der Waals surface area contributed by atoms with E-state index >= 15 is 0 Å². The van der Waals surface area contributed by atoms with Gasteiger partial charge in [-0.3, -0.25) is 0 Å². The molecule has 0 N–H and O–H groups in total. The summed E-state index contributed by atoms with van der Waals surface area (Å²) in [5.41, 5.74) is 1.82. The Labute approximate surface area is 153 Å². The minimum atomic E-state index is -0.995. The molecule has 0 aliphatic rings. The zero-order valence-corrected chi connectivity index (χ0v) is 14.1. The van der Waals surface area contributed by atoms with Crippen molar-refractivity contribution in [2.24, 2.45) is 0 Å². The van der Waals surface area contributed by atoms with Crippen molar-refractivity contribution in [1.82, 2.24) is 0 Å². The Morgan fingerprint density at radius 1 is 0.815 bits per heavy atom. The van der Waals surface area contributed by atoms with Gasteiger partial charge in [-0.15, -0.1) is 0 Å². The highest BCUT2D eigenvalue weighted by Gasteiger charge is 2.10. The number of halogens is 2. The van der Waals surface area contributed by atoms with Gasteiger partial charge in [0, 0.05) is 23.6 Å². The molecule has 0 spiro atoms. The molecule has 0 aliphatic carbocycles. The van der Waals surface area contributed by atoms with Crippen LogP contribution in [0.15, 0.2) is 82.0 Å². The topological polar surface area (TPSA) is 39.4 Å². The van der Waals surface area contributed by atoms with Gasteiger partial charge in [-0.2, -0.15) is 0 Å². The highest BCUT2D eigenvalue weighted by Crippen LogP contribution is 2.28. The Morgan fingerprint density at radius 2 is 1.56 bits per heavy atom. The highest BCUT2D eigenvalue weighted by atomic mass is 19.2. The molecule has 0 fully saturated rings. The lowest BCUT2D eigenvalue weighted by molar-refractivity contribution is 0.460. The van der Waals surface area contributed by atoms with Gasteiger partial charge in [0.15, 0.2) is 11.6 Å². The predicted molar refractivity (Wildman–Crippen MR) is 98.2 cm³/mol. The molecule has 0 saturated heterocycles. The zero-order valence-electron chi connectivity index (χ0n) is 14.1. The molecule has 27 heavy (non-hydrogen) atoms. The van der Waals surface area contributed by atoms with Gasteiger partial charge >= 0.3 is 5.63 Å². The number of benzene rings is 3. The van der Waals surface area contributed by atoms with Gasteiger partial charge in [-0.1, -0.05) is 30.3 Å². The third-order valence-electron chi connectivity index (χ3n) is 4.17. The maximum atomic E-state index is 13.3. The molecule has 1 aromatic heterocycles. The highest BCUT2D eigenvalue weighted by molar-refractivity contribution is 5.82. The normalized spacial score (nSPS) is 10.9. The molecule has 0 bridgehead atoms. The fourth-order valence-corrected chi connectivity index (χ4v) is 2.91. The second kappa shape index (κ2) is 7.03. The number of rotatable bonds is 4. The van der Waals surface area contributed by atoms with E-state index in [2.05, 4.69) is 0 Å². The summed E-state index contributed by atoms with van der Waals surface area (Å²) in [4.78, 5) is 11.9. The summed E-state index contributed by atoms with van der Waals surface area (Å²) < 4.78 is 37.2. The van der Waals surface area contributed by atoms with Crippen LogP contribution in [0.5, 0.6) is 11.5 Å². The Hall–Kier alpha value is -3.47. The molecule has 5 heteroatoms. The van der Waals surface area contributed by atoms with E-state index in [4.69, 9.17) is 9.15 Å². The van der Waals surface area contributed by atoms with E-state index in [0.29, 0.717) is 17.8 Å². The Morgan fingerprint density at radius 3 is 2.33 bits per heavy atom. The Balaban J connectivity index is 1.70. The Kier molecular flexibility index (Phi) is 4.42. The summed E-state index contributed by atoms with van der Waals surface area (Å²) >= 11 is 0. The van der Waals surface area contributed by atoms with Gasteiger partial charge in [0.1, 0.15) is 17.1 Å². The van der Waals surface area contributed by atoms with Crippen LogP contribution in [0, 0.1) is 11.6 Å². The molecule has 0 saturated carbocycles. The summed E-state index contributed by atoms with van der Waals surface area (Å²) in [6.45, 7) is 0. The number of hydrogen-bond donors (Lipinski definition) is 0. The molecule has 0 aliphatic heterocycles. The minimum absolute atomic E-state index is 0.149. The lowest BCUT2D eigenvalue weighted by Crippen LogP contribution is -2.01. The van der Waals surface area contributed by atoms with Crippen molar-refractivity contribution in [3.8, 4) is 11.5 Å². The van der Waals surface area contributed by atoms with Gasteiger partial charge in [0.05, 0.1) is 0 Å². The fourth-order valence-electron chi connectivity index (χ4n) is 2.91. The van der Waals surface area contributed by atoms with Crippen LogP contribution in [0.3, 0.4) is 0 Å². The molecule has 0 radical (unpaired) electrons. The largest absolute Gasteiger partial charge is 0.457 e. The van der Waals surface area contributed by atoms with Crippen molar-refractivity contribution in [3.63, 3.8) is 0 Å². The van der Waals surface area contributed by atoms with Crippen molar-refractivity contribution in [3.05, 3.63) is 106 Å². The second-order valence-electron chi connectivity index (χ2n) is 6.09. The van der Waals surface area contributed by atoms with E-state index < -0.39 is 17.3 Å². The van der Waals surface area contributed by atoms with Crippen molar-refractivity contribution in [2.45, 2.75) is 6.42 Å². The molecule has 134 valence electrons. The van der Waals surface area contributed by atoms with Crippen LogP contribution >= 0.6 is 0 Å². The lowest BCUT2D eigenvalue weighted by atomic mass is 10.0. The van der Waals surface area contributed by atoms with E-state index in [0.717, 1.165) is 28.6 Å². The summed E-state index contributed by atoms with van der Waals surface area (Å²) in [5.74, 6) is -1.44. The smallest absolute Gasteiger partial charge is 0.336 e. The monoisotopic (exact) mass is 364 g/mol. The first kappa shape index (κ1) is 17.0. The molecule has 0 amide bonds. The SMILES string of the molecule is O=c1cc(Cc2ccccc2)c2ccc(Oc3ccc(F)c(F)c3)cc2o1. The van der Waals surface area contributed by atoms with E-state index in [1.165, 1.54) is 12.1 Å². The van der Waals surface area contributed by atoms with Crippen LogP contribution in [0.1, 0.15) is 11.1 Å². The number of ether oxygens (including phenoxy) is 1. The molecule has 4 aromatic rings. The molecular weight excluding hydrogens is 350 g/mol. The Bertz CT molecular complexity index is 1170. The summed E-state index contributed by atoms with van der Waals surface area (Å²) in [6, 6.07) is 19.6. The molecule has 1 heterocycles. The minimum Gasteiger partial charge on any atom is -0.457 e. The maximum absolute atomic E-state index is 13.3. The lowest BCUT2D eigenvalue weighted by Gasteiger charge is -2.09. The predicted octanol–water partition coefficient (Wildman–Crippen LogP) is 5.45. The van der Waals surface area contributed by atoms with Crippen LogP contribution in [0.2, 0.25) is 0 Å². The summed E-state index contributed by atoms with van der Waals surface area (Å²) in [6.07, 6.45) is 0.590. The van der Waals surface area contributed by atoms with Gasteiger partial charge < -0.3 is 9.15 Å². The summed E-state index contributed by atoms with van der Waals surface area (Å²) in [5, 5.41) is 0.788. The quantitative estimate of drug-likeness (QED) is 0.452. The fraction of sp³-hybridized carbons (Fsp3) is 0.0455. The van der Waals surface area contributed by atoms with Crippen LogP contribution in [0.4, 0.5) is 8.78 Å². The first-order chi connectivity index (χ1) is 13.1. The first-order valence-corrected chi connectivity index (χ1v) is 8.32. The average Bonchev–Trinajstić information content (AvgIpc) is 2.65. The van der Waals surface area contributed by atoms with Crippen molar-refractivity contribution in [2.75, 3.05) is 0 Å². The molecule has 0 unspecified atom stereocenters. The van der Waals surface area contributed by atoms with E-state index in [1.807, 2.05) is 30.3 Å². The standard InChI is InChI=1S/C22H14F2O3/c23-19-9-7-16(12-20(19)24)26-17-6-8-18-15(10-14-4-2-1-3-5-14)11-22(25)27-21(18)13-17/h1-9,11-13H,10H2. The maximum Gasteiger partial charge on any atom is 0.336 e. The number of fused-ring (bicyclic) bond motifs is 1. The van der Waals surface area contributed by atoms with Crippen LogP contribution in [-0.4, -0.2) is 0 Å². The third-order valence-corrected chi connectivity index (χ3v) is 4.17. The van der Waals surface area contributed by atoms with E-state index in [9.17, 15) is 13.6 Å². The third kappa shape index (κ3) is 3.72. The summed E-state index contributed by atoms with van der Waals surface area (Å²) in [7, 11) is 0. The molecule has 3 aromatic carbocycles. The van der Waals surface area contributed by atoms with Crippen molar-refractivity contribution in [1.29, 1.82) is 0 Å².